The summed E-state index contributed by atoms with van der Waals surface area (Å²) in [6.45, 7) is 4.19. The summed E-state index contributed by atoms with van der Waals surface area (Å²) in [6.07, 6.45) is 3.68. The maximum atomic E-state index is 5.50. The number of fused-ring (bicyclic) bond motifs is 1. The van der Waals surface area contributed by atoms with Gasteiger partial charge in [-0.15, -0.1) is 10.2 Å². The van der Waals surface area contributed by atoms with Crippen molar-refractivity contribution in [3.63, 3.8) is 0 Å². The van der Waals surface area contributed by atoms with Crippen LogP contribution in [0.5, 0.6) is 0 Å². The summed E-state index contributed by atoms with van der Waals surface area (Å²) in [4.78, 5) is 6.71. The lowest BCUT2D eigenvalue weighted by Gasteiger charge is -2.35. The van der Waals surface area contributed by atoms with Gasteiger partial charge < -0.3 is 9.64 Å². The summed E-state index contributed by atoms with van der Waals surface area (Å²) < 4.78 is 7.46. The fourth-order valence-electron chi connectivity index (χ4n) is 2.19. The van der Waals surface area contributed by atoms with Gasteiger partial charge in [0.25, 0.3) is 0 Å². The first-order chi connectivity index (χ1) is 8.81. The summed E-state index contributed by atoms with van der Waals surface area (Å²) in [5.74, 6) is 1.75. The lowest BCUT2D eigenvalue weighted by Crippen LogP contribution is -2.47. The fourth-order valence-corrected chi connectivity index (χ4v) is 2.73. The Labute approximate surface area is 113 Å². The van der Waals surface area contributed by atoms with Crippen LogP contribution in [0.4, 0.5) is 5.82 Å². The topological polar surface area (TPSA) is 55.5 Å². The van der Waals surface area contributed by atoms with Crippen molar-refractivity contribution in [2.75, 3.05) is 30.0 Å². The maximum absolute atomic E-state index is 5.50. The molecule has 0 radical (unpaired) electrons. The van der Waals surface area contributed by atoms with E-state index in [9.17, 15) is 0 Å². The molecule has 3 heterocycles. The van der Waals surface area contributed by atoms with Crippen LogP contribution in [-0.4, -0.2) is 50.7 Å². The van der Waals surface area contributed by atoms with Crippen LogP contribution in [0, 0.1) is 6.92 Å². The lowest BCUT2D eigenvalue weighted by molar-refractivity contribution is 0.100. The van der Waals surface area contributed by atoms with E-state index in [0.717, 1.165) is 35.8 Å². The van der Waals surface area contributed by atoms with Crippen molar-refractivity contribution in [1.82, 2.24) is 19.6 Å². The largest absolute Gasteiger partial charge is 0.377 e. The van der Waals surface area contributed by atoms with Crippen LogP contribution in [0.25, 0.3) is 5.65 Å². The molecule has 7 heteroatoms. The predicted octanol–water partition coefficient (Wildman–Crippen LogP) is 1.03. The second kappa shape index (κ2) is 4.81. The van der Waals surface area contributed by atoms with Gasteiger partial charge in [-0.3, -0.25) is 4.40 Å². The molecule has 0 bridgehead atoms. The maximum Gasteiger partial charge on any atom is 0.203 e. The smallest absolute Gasteiger partial charge is 0.203 e. The van der Waals surface area contributed by atoms with Crippen LogP contribution in [0.15, 0.2) is 12.4 Å². The van der Waals surface area contributed by atoms with Crippen LogP contribution in [0.3, 0.4) is 0 Å². The molecule has 0 spiro atoms. The summed E-state index contributed by atoms with van der Waals surface area (Å²) in [5, 5.41) is 9.17. The summed E-state index contributed by atoms with van der Waals surface area (Å²) in [5.41, 5.74) is 0.808. The van der Waals surface area contributed by atoms with E-state index in [-0.39, 0.29) is 6.04 Å². The molecule has 3 rings (SSSR count). The van der Waals surface area contributed by atoms with Crippen LogP contribution in [0.2, 0.25) is 0 Å². The van der Waals surface area contributed by atoms with Gasteiger partial charge in [0.1, 0.15) is 5.82 Å². The molecule has 1 aliphatic rings. The highest BCUT2D eigenvalue weighted by molar-refractivity contribution is 9.09. The Balaban J connectivity index is 2.07. The normalized spacial score (nSPS) is 20.6. The van der Waals surface area contributed by atoms with Crippen LogP contribution in [-0.2, 0) is 4.74 Å². The number of anilines is 1. The zero-order valence-corrected chi connectivity index (χ0v) is 11.7. The zero-order chi connectivity index (χ0) is 12.5. The minimum absolute atomic E-state index is 0.287. The molecule has 2 aromatic rings. The Bertz CT molecular complexity index is 557. The number of hydrogen-bond donors (Lipinski definition) is 0. The molecule has 0 aliphatic carbocycles. The van der Waals surface area contributed by atoms with Crippen LogP contribution in [0.1, 0.15) is 5.82 Å². The van der Waals surface area contributed by atoms with E-state index in [4.69, 9.17) is 4.74 Å². The highest BCUT2D eigenvalue weighted by Gasteiger charge is 2.25. The number of rotatable bonds is 2. The van der Waals surface area contributed by atoms with Crippen molar-refractivity contribution in [3.8, 4) is 0 Å². The van der Waals surface area contributed by atoms with Gasteiger partial charge in [-0.25, -0.2) is 4.98 Å². The van der Waals surface area contributed by atoms with E-state index in [1.807, 2.05) is 17.5 Å². The SMILES string of the molecule is Cc1nnc2c(N3CCOCC3CBr)nccn12. The van der Waals surface area contributed by atoms with Gasteiger partial charge in [-0.2, -0.15) is 0 Å². The molecular formula is C11H14BrN5O. The standard InChI is InChI=1S/C11H14BrN5O/c1-8-14-15-11-10(13-2-3-16(8)11)17-4-5-18-7-9(17)6-12/h2-3,9H,4-7H2,1H3. The first-order valence-corrected chi connectivity index (χ1v) is 7.00. The van der Waals surface area contributed by atoms with Gasteiger partial charge in [0.2, 0.25) is 5.65 Å². The molecule has 18 heavy (non-hydrogen) atoms. The van der Waals surface area contributed by atoms with Crippen LogP contribution < -0.4 is 4.90 Å². The molecule has 0 aromatic carbocycles. The summed E-state index contributed by atoms with van der Waals surface area (Å²) in [7, 11) is 0. The van der Waals surface area contributed by atoms with Crippen molar-refractivity contribution in [1.29, 1.82) is 0 Å². The number of nitrogens with zero attached hydrogens (tertiary/aromatic N) is 5. The van der Waals surface area contributed by atoms with Crippen molar-refractivity contribution in [3.05, 3.63) is 18.2 Å². The second-order valence-electron chi connectivity index (χ2n) is 4.27. The van der Waals surface area contributed by atoms with E-state index >= 15 is 0 Å². The number of aryl methyl sites for hydroxylation is 1. The Kier molecular flexibility index (Phi) is 3.17. The molecule has 0 N–H and O–H groups in total. The molecule has 1 saturated heterocycles. The van der Waals surface area contributed by atoms with E-state index in [1.165, 1.54) is 0 Å². The van der Waals surface area contributed by atoms with Gasteiger partial charge in [-0.05, 0) is 6.92 Å². The average Bonchev–Trinajstić information content (AvgIpc) is 2.81. The third kappa shape index (κ3) is 1.87. The quantitative estimate of drug-likeness (QED) is 0.776. The third-order valence-electron chi connectivity index (χ3n) is 3.16. The zero-order valence-electron chi connectivity index (χ0n) is 10.1. The first kappa shape index (κ1) is 11.9. The highest BCUT2D eigenvalue weighted by atomic mass is 79.9. The van der Waals surface area contributed by atoms with Crippen LogP contribution >= 0.6 is 15.9 Å². The molecule has 2 aromatic heterocycles. The third-order valence-corrected chi connectivity index (χ3v) is 3.90. The monoisotopic (exact) mass is 311 g/mol. The van der Waals surface area contributed by atoms with E-state index in [0.29, 0.717) is 6.61 Å². The van der Waals surface area contributed by atoms with Gasteiger partial charge in [0, 0.05) is 24.3 Å². The number of ether oxygens (including phenoxy) is 1. The Morgan fingerprint density at radius 3 is 3.22 bits per heavy atom. The van der Waals surface area contributed by atoms with Crippen molar-refractivity contribution < 1.29 is 4.74 Å². The Morgan fingerprint density at radius 1 is 1.50 bits per heavy atom. The number of aromatic nitrogens is 4. The second-order valence-corrected chi connectivity index (χ2v) is 4.92. The number of alkyl halides is 1. The molecule has 1 aliphatic heterocycles. The molecule has 1 unspecified atom stereocenters. The summed E-state index contributed by atoms with van der Waals surface area (Å²) >= 11 is 3.53. The number of hydrogen-bond acceptors (Lipinski definition) is 5. The fraction of sp³-hybridized carbons (Fsp3) is 0.545. The van der Waals surface area contributed by atoms with Gasteiger partial charge in [0.15, 0.2) is 5.82 Å². The molecule has 6 nitrogen and oxygen atoms in total. The first-order valence-electron chi connectivity index (χ1n) is 5.88. The van der Waals surface area contributed by atoms with E-state index in [1.54, 1.807) is 6.20 Å². The number of morpholine rings is 1. The van der Waals surface area contributed by atoms with Crippen molar-refractivity contribution in [2.45, 2.75) is 13.0 Å². The van der Waals surface area contributed by atoms with Crippen molar-refractivity contribution >= 4 is 27.4 Å². The van der Waals surface area contributed by atoms with Crippen molar-refractivity contribution in [2.24, 2.45) is 0 Å². The van der Waals surface area contributed by atoms with E-state index < -0.39 is 0 Å². The number of halogens is 1. The minimum Gasteiger partial charge on any atom is -0.377 e. The Morgan fingerprint density at radius 2 is 2.39 bits per heavy atom. The average molecular weight is 312 g/mol. The Hall–Kier alpha value is -1.21. The molecule has 1 atom stereocenters. The summed E-state index contributed by atoms with van der Waals surface area (Å²) in [6, 6.07) is 0.287. The van der Waals surface area contributed by atoms with E-state index in [2.05, 4.69) is 36.0 Å². The van der Waals surface area contributed by atoms with Gasteiger partial charge in [0.05, 0.1) is 19.3 Å². The highest BCUT2D eigenvalue weighted by Crippen LogP contribution is 2.22. The molecule has 0 saturated carbocycles. The minimum atomic E-state index is 0.287. The predicted molar refractivity (Wildman–Crippen MR) is 71.3 cm³/mol. The molecule has 96 valence electrons. The van der Waals surface area contributed by atoms with Gasteiger partial charge in [-0.1, -0.05) is 15.9 Å². The lowest BCUT2D eigenvalue weighted by atomic mass is 10.2. The molecule has 1 fully saturated rings. The van der Waals surface area contributed by atoms with Gasteiger partial charge >= 0.3 is 0 Å². The molecular weight excluding hydrogens is 298 g/mol. The molecule has 0 amide bonds.